The number of benzene rings is 1. The lowest BCUT2D eigenvalue weighted by atomic mass is 10.2. The zero-order valence-corrected chi connectivity index (χ0v) is 15.1. The molecule has 1 aromatic heterocycles. The first-order valence-corrected chi connectivity index (χ1v) is 8.81. The number of carbonyl (C=O) groups excluding carboxylic acids is 2. The molecule has 2 aromatic rings. The number of amides is 2. The highest BCUT2D eigenvalue weighted by Crippen LogP contribution is 2.25. The van der Waals surface area contributed by atoms with Crippen molar-refractivity contribution in [1.29, 1.82) is 0 Å². The maximum atomic E-state index is 11.8. The van der Waals surface area contributed by atoms with Crippen LogP contribution < -0.4 is 5.32 Å². The van der Waals surface area contributed by atoms with Crippen molar-refractivity contribution in [3.8, 4) is 11.4 Å². The molecular weight excluding hydrogens is 364 g/mol. The highest BCUT2D eigenvalue weighted by Gasteiger charge is 2.16. The topological polar surface area (TPSA) is 86.1 Å². The monoisotopic (exact) mass is 380 g/mol. The van der Waals surface area contributed by atoms with Crippen molar-refractivity contribution in [2.45, 2.75) is 18.6 Å². The zero-order valence-electron chi connectivity index (χ0n) is 13.6. The maximum Gasteiger partial charge on any atom is 0.413 e. The summed E-state index contributed by atoms with van der Waals surface area (Å²) in [6.07, 6.45) is 0.952. The van der Waals surface area contributed by atoms with E-state index in [1.54, 1.807) is 25.1 Å². The third-order valence-electron chi connectivity index (χ3n) is 2.98. The lowest BCUT2D eigenvalue weighted by Gasteiger charge is -2.08. The van der Waals surface area contributed by atoms with Crippen LogP contribution in [0.15, 0.2) is 42.1 Å². The summed E-state index contributed by atoms with van der Waals surface area (Å²) in [5, 5.41) is 11.6. The van der Waals surface area contributed by atoms with Crippen LogP contribution in [0.3, 0.4) is 0 Å². The molecule has 0 saturated heterocycles. The average molecular weight is 381 g/mol. The van der Waals surface area contributed by atoms with Gasteiger partial charge < -0.3 is 4.74 Å². The molecule has 0 aliphatic carbocycles. The Morgan fingerprint density at radius 1 is 1.36 bits per heavy atom. The lowest BCUT2D eigenvalue weighted by Crippen LogP contribution is -2.32. The number of halogens is 1. The molecule has 0 bridgehead atoms. The summed E-state index contributed by atoms with van der Waals surface area (Å²) in [6, 6.07) is 7.22. The number of hydrogen-bond acceptors (Lipinski definition) is 6. The molecule has 0 aliphatic rings. The number of nitrogens with one attached hydrogen (secondary N) is 1. The van der Waals surface area contributed by atoms with E-state index in [1.165, 1.54) is 11.8 Å². The van der Waals surface area contributed by atoms with E-state index in [0.717, 1.165) is 5.56 Å². The van der Waals surface area contributed by atoms with Gasteiger partial charge in [-0.3, -0.25) is 14.7 Å². The standard InChI is InChI=1S/C16H17ClN4O3S/c1-3-9-21-14(11-5-7-12(17)8-6-11)19-20-15(21)25-10-13(22)18-16(23)24-4-2/h3,5-8H,1,4,9-10H2,2H3,(H,18,22,23). The molecule has 2 amide bonds. The fourth-order valence-corrected chi connectivity index (χ4v) is 2.82. The first kappa shape index (κ1) is 19.0. The van der Waals surface area contributed by atoms with Crippen LogP contribution in [0.25, 0.3) is 11.4 Å². The molecule has 0 aliphatic heterocycles. The smallest absolute Gasteiger partial charge is 0.413 e. The zero-order chi connectivity index (χ0) is 18.2. The van der Waals surface area contributed by atoms with Gasteiger partial charge in [0.15, 0.2) is 11.0 Å². The third-order valence-corrected chi connectivity index (χ3v) is 4.20. The minimum Gasteiger partial charge on any atom is -0.450 e. The molecular formula is C16H17ClN4O3S. The molecule has 0 saturated carbocycles. The molecule has 0 unspecified atom stereocenters. The van der Waals surface area contributed by atoms with Gasteiger partial charge in [-0.1, -0.05) is 29.4 Å². The van der Waals surface area contributed by atoms with E-state index in [9.17, 15) is 9.59 Å². The van der Waals surface area contributed by atoms with Crippen LogP contribution in [0, 0.1) is 0 Å². The van der Waals surface area contributed by atoms with Crippen LogP contribution >= 0.6 is 23.4 Å². The first-order valence-electron chi connectivity index (χ1n) is 7.44. The summed E-state index contributed by atoms with van der Waals surface area (Å²) < 4.78 is 6.49. The van der Waals surface area contributed by atoms with Crippen molar-refractivity contribution in [2.24, 2.45) is 0 Å². The number of carbonyl (C=O) groups is 2. The number of rotatable bonds is 7. The molecule has 1 heterocycles. The van der Waals surface area contributed by atoms with Crippen molar-refractivity contribution in [1.82, 2.24) is 20.1 Å². The van der Waals surface area contributed by atoms with Gasteiger partial charge in [-0.25, -0.2) is 4.79 Å². The number of imide groups is 1. The molecule has 0 atom stereocenters. The average Bonchev–Trinajstić information content (AvgIpc) is 2.97. The number of aromatic nitrogens is 3. The SMILES string of the molecule is C=CCn1c(SCC(=O)NC(=O)OCC)nnc1-c1ccc(Cl)cc1. The maximum absolute atomic E-state index is 11.8. The minimum absolute atomic E-state index is 0.00864. The van der Waals surface area contributed by atoms with Crippen LogP contribution in [0.5, 0.6) is 0 Å². The van der Waals surface area contributed by atoms with Gasteiger partial charge in [0.25, 0.3) is 0 Å². The highest BCUT2D eigenvalue weighted by atomic mass is 35.5. The predicted molar refractivity (Wildman–Crippen MR) is 96.6 cm³/mol. The normalized spacial score (nSPS) is 10.3. The number of hydrogen-bond donors (Lipinski definition) is 1. The van der Waals surface area contributed by atoms with Crippen LogP contribution in [0.4, 0.5) is 4.79 Å². The van der Waals surface area contributed by atoms with Gasteiger partial charge in [-0.15, -0.1) is 16.8 Å². The highest BCUT2D eigenvalue weighted by molar-refractivity contribution is 7.99. The van der Waals surface area contributed by atoms with Crippen molar-refractivity contribution < 1.29 is 14.3 Å². The Balaban J connectivity index is 2.10. The van der Waals surface area contributed by atoms with Gasteiger partial charge in [-0.05, 0) is 31.2 Å². The van der Waals surface area contributed by atoms with Gasteiger partial charge in [-0.2, -0.15) is 0 Å². The number of ether oxygens (including phenoxy) is 1. The number of alkyl carbamates (subject to hydrolysis) is 1. The molecule has 7 nitrogen and oxygen atoms in total. The molecule has 0 spiro atoms. The summed E-state index contributed by atoms with van der Waals surface area (Å²) in [5.74, 6) is 0.184. The Kier molecular flexibility index (Phi) is 7.03. The van der Waals surface area contributed by atoms with Gasteiger partial charge >= 0.3 is 6.09 Å². The van der Waals surface area contributed by atoms with Gasteiger partial charge in [0.2, 0.25) is 5.91 Å². The van der Waals surface area contributed by atoms with Crippen LogP contribution in [-0.4, -0.2) is 39.1 Å². The molecule has 25 heavy (non-hydrogen) atoms. The van der Waals surface area contributed by atoms with E-state index in [2.05, 4.69) is 26.8 Å². The summed E-state index contributed by atoms with van der Waals surface area (Å²) in [4.78, 5) is 23.0. The van der Waals surface area contributed by atoms with Crippen LogP contribution in [0.1, 0.15) is 6.92 Å². The van der Waals surface area contributed by atoms with E-state index < -0.39 is 12.0 Å². The Bertz CT molecular complexity index is 761. The fraction of sp³-hybridized carbons (Fsp3) is 0.250. The molecule has 9 heteroatoms. The third kappa shape index (κ3) is 5.33. The van der Waals surface area contributed by atoms with Crippen molar-refractivity contribution in [2.75, 3.05) is 12.4 Å². The second-order valence-electron chi connectivity index (χ2n) is 4.77. The second kappa shape index (κ2) is 9.24. The molecule has 132 valence electrons. The second-order valence-corrected chi connectivity index (χ2v) is 6.15. The largest absolute Gasteiger partial charge is 0.450 e. The van der Waals surface area contributed by atoms with Crippen molar-refractivity contribution >= 4 is 35.4 Å². The summed E-state index contributed by atoms with van der Waals surface area (Å²) in [6.45, 7) is 6.07. The summed E-state index contributed by atoms with van der Waals surface area (Å²) in [5.41, 5.74) is 0.849. The lowest BCUT2D eigenvalue weighted by molar-refractivity contribution is -0.117. The van der Waals surface area contributed by atoms with Gasteiger partial charge in [0.05, 0.1) is 12.4 Å². The molecule has 1 N–H and O–H groups in total. The van der Waals surface area contributed by atoms with Crippen LogP contribution in [-0.2, 0) is 16.1 Å². The van der Waals surface area contributed by atoms with E-state index in [4.69, 9.17) is 11.6 Å². The Hall–Kier alpha value is -2.32. The van der Waals surface area contributed by atoms with Gasteiger partial charge in [0.1, 0.15) is 0 Å². The Morgan fingerprint density at radius 3 is 2.72 bits per heavy atom. The van der Waals surface area contributed by atoms with Crippen molar-refractivity contribution in [3.63, 3.8) is 0 Å². The summed E-state index contributed by atoms with van der Waals surface area (Å²) >= 11 is 7.08. The van der Waals surface area contributed by atoms with Gasteiger partial charge in [0, 0.05) is 17.1 Å². The predicted octanol–water partition coefficient (Wildman–Crippen LogP) is 3.15. The van der Waals surface area contributed by atoms with E-state index in [-0.39, 0.29) is 12.4 Å². The van der Waals surface area contributed by atoms with E-state index >= 15 is 0 Å². The van der Waals surface area contributed by atoms with Crippen LogP contribution in [0.2, 0.25) is 5.02 Å². The molecule has 0 fully saturated rings. The van der Waals surface area contributed by atoms with E-state index in [1.807, 2.05) is 16.7 Å². The molecule has 1 aromatic carbocycles. The number of thioether (sulfide) groups is 1. The van der Waals surface area contributed by atoms with E-state index in [0.29, 0.717) is 22.5 Å². The first-order chi connectivity index (χ1) is 12.0. The fourth-order valence-electron chi connectivity index (χ4n) is 1.95. The van der Waals surface area contributed by atoms with Crippen molar-refractivity contribution in [3.05, 3.63) is 41.9 Å². The Labute approximate surface area is 154 Å². The number of nitrogens with zero attached hydrogens (tertiary/aromatic N) is 3. The quantitative estimate of drug-likeness (QED) is 0.586. The molecule has 0 radical (unpaired) electrons. The Morgan fingerprint density at radius 2 is 2.08 bits per heavy atom. The summed E-state index contributed by atoms with van der Waals surface area (Å²) in [7, 11) is 0. The minimum atomic E-state index is -0.762. The number of allylic oxidation sites excluding steroid dienone is 1. The molecule has 2 rings (SSSR count).